The number of carbonyl (C=O) groups is 1. The zero-order valence-electron chi connectivity index (χ0n) is 16.2. The summed E-state index contributed by atoms with van der Waals surface area (Å²) in [5.74, 6) is 0.970. The number of carboxylic acid groups (broad SMARTS) is 1. The van der Waals surface area contributed by atoms with E-state index in [-0.39, 0.29) is 12.1 Å². The van der Waals surface area contributed by atoms with Crippen LogP contribution in [0.15, 0.2) is 17.8 Å². The third-order valence-electron chi connectivity index (χ3n) is 5.22. The largest absolute Gasteiger partial charge is 0.496 e. The zero-order chi connectivity index (χ0) is 19.2. The van der Waals surface area contributed by atoms with E-state index in [2.05, 4.69) is 29.8 Å². The molecule has 0 atom stereocenters. The van der Waals surface area contributed by atoms with Crippen LogP contribution >= 0.6 is 0 Å². The highest BCUT2D eigenvalue weighted by molar-refractivity contribution is 5.41. The van der Waals surface area contributed by atoms with Crippen LogP contribution in [0.1, 0.15) is 43.0 Å². The van der Waals surface area contributed by atoms with Gasteiger partial charge < -0.3 is 14.6 Å². The van der Waals surface area contributed by atoms with E-state index in [9.17, 15) is 0 Å². The van der Waals surface area contributed by atoms with Gasteiger partial charge in [0.2, 0.25) is 0 Å². The van der Waals surface area contributed by atoms with Gasteiger partial charge in [0.1, 0.15) is 5.75 Å². The minimum absolute atomic E-state index is 0.00767. The van der Waals surface area contributed by atoms with Crippen molar-refractivity contribution in [2.75, 3.05) is 26.8 Å². The number of nitrogens with zero attached hydrogens (tertiary/aromatic N) is 2. The van der Waals surface area contributed by atoms with Crippen LogP contribution < -0.4 is 4.74 Å². The number of methoxy groups -OCH3 is 1. The zero-order valence-corrected chi connectivity index (χ0v) is 16.2. The van der Waals surface area contributed by atoms with Crippen LogP contribution in [0, 0.1) is 13.8 Å². The number of aromatic nitrogens is 1. The summed E-state index contributed by atoms with van der Waals surface area (Å²) >= 11 is 0. The summed E-state index contributed by atoms with van der Waals surface area (Å²) in [7, 11) is 1.73. The van der Waals surface area contributed by atoms with Crippen molar-refractivity contribution in [1.29, 1.82) is 0 Å². The van der Waals surface area contributed by atoms with Crippen molar-refractivity contribution in [3.05, 3.63) is 34.7 Å². The number of ether oxygens (including phenoxy) is 2. The Kier molecular flexibility index (Phi) is 7.17. The Hall–Kier alpha value is -1.92. The minimum Gasteiger partial charge on any atom is -0.496 e. The maximum absolute atomic E-state index is 8.36. The average Bonchev–Trinajstić information content (AvgIpc) is 2.61. The monoisotopic (exact) mass is 362 g/mol. The van der Waals surface area contributed by atoms with Crippen molar-refractivity contribution in [2.45, 2.75) is 52.2 Å². The van der Waals surface area contributed by atoms with Crippen molar-refractivity contribution >= 4 is 6.47 Å². The third kappa shape index (κ3) is 4.83. The molecule has 0 radical (unpaired) electrons. The van der Waals surface area contributed by atoms with Crippen LogP contribution in [0.3, 0.4) is 0 Å². The lowest BCUT2D eigenvalue weighted by molar-refractivity contribution is -0.122. The molecular weight excluding hydrogens is 332 g/mol. The quantitative estimate of drug-likeness (QED) is 0.658. The maximum atomic E-state index is 8.36. The highest BCUT2D eigenvalue weighted by Gasteiger charge is 2.35. The molecule has 1 fully saturated rings. The fourth-order valence-electron chi connectivity index (χ4n) is 3.80. The number of pyridine rings is 1. The van der Waals surface area contributed by atoms with Gasteiger partial charge in [-0.1, -0.05) is 11.6 Å². The Morgan fingerprint density at radius 3 is 2.58 bits per heavy atom. The second kappa shape index (κ2) is 9.14. The van der Waals surface area contributed by atoms with Crippen LogP contribution in [-0.4, -0.2) is 53.9 Å². The Morgan fingerprint density at radius 2 is 2.00 bits per heavy atom. The van der Waals surface area contributed by atoms with Crippen LogP contribution in [0.25, 0.3) is 0 Å². The number of hydrogen-bond acceptors (Lipinski definition) is 5. The molecule has 0 saturated carbocycles. The van der Waals surface area contributed by atoms with Gasteiger partial charge in [-0.3, -0.25) is 14.7 Å². The van der Waals surface area contributed by atoms with Gasteiger partial charge in [-0.25, -0.2) is 0 Å². The number of aryl methyl sites for hydroxylation is 1. The predicted molar refractivity (Wildman–Crippen MR) is 101 cm³/mol. The van der Waals surface area contributed by atoms with Gasteiger partial charge >= 0.3 is 0 Å². The molecule has 3 rings (SSSR count). The molecule has 1 aromatic rings. The van der Waals surface area contributed by atoms with Crippen LogP contribution in [-0.2, 0) is 16.1 Å². The molecule has 2 aliphatic heterocycles. The Balaban J connectivity index is 0.000000758. The van der Waals surface area contributed by atoms with E-state index in [0.717, 1.165) is 68.1 Å². The van der Waals surface area contributed by atoms with E-state index in [1.54, 1.807) is 7.11 Å². The first-order valence-electron chi connectivity index (χ1n) is 9.06. The smallest absolute Gasteiger partial charge is 0.290 e. The first-order chi connectivity index (χ1) is 12.4. The number of rotatable bonds is 3. The summed E-state index contributed by atoms with van der Waals surface area (Å²) in [4.78, 5) is 15.5. The summed E-state index contributed by atoms with van der Waals surface area (Å²) in [6, 6.07) is 0. The van der Waals surface area contributed by atoms with Crippen molar-refractivity contribution in [2.24, 2.45) is 0 Å². The maximum Gasteiger partial charge on any atom is 0.290 e. The molecule has 0 amide bonds. The van der Waals surface area contributed by atoms with Crippen LogP contribution in [0.2, 0.25) is 0 Å². The second-order valence-electron chi connectivity index (χ2n) is 7.08. The normalized spacial score (nSPS) is 19.3. The van der Waals surface area contributed by atoms with Gasteiger partial charge in [0.15, 0.2) is 0 Å². The molecule has 1 spiro atoms. The molecule has 1 saturated heterocycles. The van der Waals surface area contributed by atoms with Crippen LogP contribution in [0.4, 0.5) is 0 Å². The highest BCUT2D eigenvalue weighted by Crippen LogP contribution is 2.34. The minimum atomic E-state index is -0.250. The van der Waals surface area contributed by atoms with Gasteiger partial charge in [-0.15, -0.1) is 0 Å². The molecule has 1 aromatic heterocycles. The van der Waals surface area contributed by atoms with E-state index in [1.807, 2.05) is 13.1 Å². The topological polar surface area (TPSA) is 71.9 Å². The number of piperidine rings is 1. The fourth-order valence-corrected chi connectivity index (χ4v) is 3.80. The SMILES string of the molecule is COc1c(C)cnc(CN2CCC3(C=C(C)CCO3)CC2)c1C.O=CO. The van der Waals surface area contributed by atoms with E-state index in [1.165, 1.54) is 5.57 Å². The standard InChI is InChI=1S/C19H28N2O2.CH2O2/c1-14-5-10-23-19(11-14)6-8-21(9-7-19)13-17-16(3)18(22-4)15(2)12-20-17;2-1-3/h11-12H,5-10,13H2,1-4H3;1H,(H,2,3). The predicted octanol–water partition coefficient (Wildman–Crippen LogP) is 3.11. The average molecular weight is 362 g/mol. The molecule has 1 N–H and O–H groups in total. The number of likely N-dealkylation sites (tertiary alicyclic amines) is 1. The summed E-state index contributed by atoms with van der Waals surface area (Å²) in [5.41, 5.74) is 4.86. The molecular formula is C20H30N2O4. The van der Waals surface area contributed by atoms with Gasteiger partial charge in [-0.05, 0) is 40.0 Å². The van der Waals surface area contributed by atoms with Crippen molar-refractivity contribution in [1.82, 2.24) is 9.88 Å². The van der Waals surface area contributed by atoms with Gasteiger partial charge in [-0.2, -0.15) is 0 Å². The molecule has 6 heteroatoms. The lowest BCUT2D eigenvalue weighted by Crippen LogP contribution is -2.46. The first-order valence-corrected chi connectivity index (χ1v) is 9.06. The van der Waals surface area contributed by atoms with Gasteiger partial charge in [0.25, 0.3) is 6.47 Å². The molecule has 0 aliphatic carbocycles. The van der Waals surface area contributed by atoms with Crippen molar-refractivity contribution in [3.63, 3.8) is 0 Å². The summed E-state index contributed by atoms with van der Waals surface area (Å²) in [6.45, 7) is 10.0. The van der Waals surface area contributed by atoms with E-state index in [0.29, 0.717) is 0 Å². The lowest BCUT2D eigenvalue weighted by atomic mass is 9.87. The summed E-state index contributed by atoms with van der Waals surface area (Å²) < 4.78 is 11.6. The molecule has 2 aliphatic rings. The van der Waals surface area contributed by atoms with Gasteiger partial charge in [0, 0.05) is 37.0 Å². The second-order valence-corrected chi connectivity index (χ2v) is 7.08. The summed E-state index contributed by atoms with van der Waals surface area (Å²) in [6.07, 6.45) is 7.52. The molecule has 144 valence electrons. The molecule has 0 unspecified atom stereocenters. The van der Waals surface area contributed by atoms with E-state index >= 15 is 0 Å². The molecule has 3 heterocycles. The molecule has 26 heavy (non-hydrogen) atoms. The molecule has 0 aromatic carbocycles. The summed E-state index contributed by atoms with van der Waals surface area (Å²) in [5, 5.41) is 6.89. The molecule has 0 bridgehead atoms. The van der Waals surface area contributed by atoms with E-state index < -0.39 is 0 Å². The number of hydrogen-bond donors (Lipinski definition) is 1. The Bertz CT molecular complexity index is 649. The third-order valence-corrected chi connectivity index (χ3v) is 5.22. The Morgan fingerprint density at radius 1 is 1.35 bits per heavy atom. The Labute approximate surface area is 155 Å². The van der Waals surface area contributed by atoms with Crippen LogP contribution in [0.5, 0.6) is 5.75 Å². The van der Waals surface area contributed by atoms with E-state index in [4.69, 9.17) is 19.4 Å². The molecule has 6 nitrogen and oxygen atoms in total. The van der Waals surface area contributed by atoms with Gasteiger partial charge in [0.05, 0.1) is 25.0 Å². The fraction of sp³-hybridized carbons (Fsp3) is 0.600. The first kappa shape index (κ1) is 20.4. The highest BCUT2D eigenvalue weighted by atomic mass is 16.5. The lowest BCUT2D eigenvalue weighted by Gasteiger charge is -2.42. The van der Waals surface area contributed by atoms with Crippen molar-refractivity contribution in [3.8, 4) is 5.75 Å². The van der Waals surface area contributed by atoms with Crippen molar-refractivity contribution < 1.29 is 19.4 Å².